The van der Waals surface area contributed by atoms with Crippen molar-refractivity contribution >= 4 is 17.5 Å². The molecule has 1 saturated carbocycles. The Kier molecular flexibility index (Phi) is 9.60. The number of aliphatic imine (C=N–C) groups is 1. The predicted octanol–water partition coefficient (Wildman–Crippen LogP) is 7.73. The molecule has 1 aliphatic carbocycles. The summed E-state index contributed by atoms with van der Waals surface area (Å²) in [6.07, 6.45) is 5.51. The van der Waals surface area contributed by atoms with Gasteiger partial charge in [0, 0.05) is 30.9 Å². The van der Waals surface area contributed by atoms with E-state index in [1.165, 1.54) is 19.3 Å². The Balaban J connectivity index is 2.04. The quantitative estimate of drug-likeness (QED) is 0.216. The molecule has 4 N–H and O–H groups in total. The third kappa shape index (κ3) is 7.04. The third-order valence-electron chi connectivity index (χ3n) is 7.46. The van der Waals surface area contributed by atoms with Crippen molar-refractivity contribution in [3.8, 4) is 0 Å². The molecule has 2 aromatic carbocycles. The normalized spacial score (nSPS) is 17.1. The van der Waals surface area contributed by atoms with E-state index in [4.69, 9.17) is 11.6 Å². The van der Waals surface area contributed by atoms with E-state index in [-0.39, 0.29) is 5.92 Å². The summed E-state index contributed by atoms with van der Waals surface area (Å²) >= 11 is 0. The van der Waals surface area contributed by atoms with Gasteiger partial charge in [-0.2, -0.15) is 13.2 Å². The molecule has 3 rings (SSSR count). The van der Waals surface area contributed by atoms with Crippen molar-refractivity contribution in [3.05, 3.63) is 82.2 Å². The number of alkyl halides is 3. The van der Waals surface area contributed by atoms with Crippen LogP contribution in [-0.2, 0) is 12.6 Å². The molecule has 200 valence electrons. The Morgan fingerprint density at radius 2 is 1.73 bits per heavy atom. The Labute approximate surface area is 218 Å². The molecule has 0 amide bonds. The highest BCUT2D eigenvalue weighted by Crippen LogP contribution is 2.43. The number of hydrogen-bond donors (Lipinski definition) is 2. The van der Waals surface area contributed by atoms with Crippen LogP contribution in [0, 0.1) is 5.92 Å². The summed E-state index contributed by atoms with van der Waals surface area (Å²) < 4.78 is 38.9. The zero-order chi connectivity index (χ0) is 27.2. The fraction of sp³-hybridized carbons (Fsp3) is 0.433. The molecule has 0 radical (unpaired) electrons. The lowest BCUT2D eigenvalue weighted by atomic mass is 9.74. The lowest BCUT2D eigenvalue weighted by Gasteiger charge is -2.35. The van der Waals surface area contributed by atoms with Crippen molar-refractivity contribution in [1.82, 2.24) is 5.01 Å². The fourth-order valence-corrected chi connectivity index (χ4v) is 5.37. The van der Waals surface area contributed by atoms with Crippen LogP contribution >= 0.6 is 0 Å². The van der Waals surface area contributed by atoms with Crippen LogP contribution in [-0.4, -0.2) is 18.3 Å². The van der Waals surface area contributed by atoms with Crippen molar-refractivity contribution in [2.75, 3.05) is 7.05 Å². The summed E-state index contributed by atoms with van der Waals surface area (Å²) in [5.74, 6) is 6.74. The lowest BCUT2D eigenvalue weighted by molar-refractivity contribution is -0.137. The van der Waals surface area contributed by atoms with Gasteiger partial charge in [-0.05, 0) is 86.9 Å². The van der Waals surface area contributed by atoms with Crippen LogP contribution in [0.3, 0.4) is 0 Å². The summed E-state index contributed by atoms with van der Waals surface area (Å²) in [5.41, 5.74) is 12.3. The second-order valence-corrected chi connectivity index (χ2v) is 10.0. The molecule has 0 aromatic heterocycles. The Morgan fingerprint density at radius 1 is 1.08 bits per heavy atom. The van der Waals surface area contributed by atoms with E-state index in [2.05, 4.69) is 24.0 Å². The SMILES string of the molecule is CC=Nc1ccc(C(/C(=C/N)N(C)N)C2CCCCC2)cc1/C(C)=C(\C)Cc1ccc(C(F)(F)F)cc1. The molecular formula is C30H39F3N4. The standard InChI is InChI=1S/C30H39F3N4/c1-5-36-27-16-13-24(29(28(19-34)37(4)35)23-9-7-6-8-10-23)18-26(27)21(3)20(2)17-22-11-14-25(15-12-22)30(31,32)33/h5,11-16,18-19,23,29H,6-10,17,34-35H2,1-4H3/b21-20+,28-19-,36-5?. The van der Waals surface area contributed by atoms with Crippen molar-refractivity contribution < 1.29 is 13.2 Å². The maximum atomic E-state index is 13.0. The monoisotopic (exact) mass is 512 g/mol. The zero-order valence-electron chi connectivity index (χ0n) is 22.3. The fourth-order valence-electron chi connectivity index (χ4n) is 5.37. The molecule has 2 aromatic rings. The number of halogens is 3. The van der Waals surface area contributed by atoms with Crippen LogP contribution in [0.4, 0.5) is 18.9 Å². The second-order valence-electron chi connectivity index (χ2n) is 10.0. The molecule has 0 saturated heterocycles. The van der Waals surface area contributed by atoms with Crippen LogP contribution < -0.4 is 11.6 Å². The Bertz CT molecular complexity index is 1140. The first kappa shape index (κ1) is 28.5. The molecule has 0 heterocycles. The number of likely N-dealkylation sites (N-methyl/N-ethyl adjacent to an activating group) is 1. The summed E-state index contributed by atoms with van der Waals surface area (Å²) in [6, 6.07) is 11.7. The molecule has 4 nitrogen and oxygen atoms in total. The van der Waals surface area contributed by atoms with E-state index in [9.17, 15) is 13.2 Å². The molecule has 1 aliphatic rings. The van der Waals surface area contributed by atoms with Gasteiger partial charge >= 0.3 is 6.18 Å². The molecule has 0 spiro atoms. The molecule has 37 heavy (non-hydrogen) atoms. The van der Waals surface area contributed by atoms with E-state index in [1.54, 1.807) is 29.6 Å². The molecule has 0 bridgehead atoms. The average Bonchev–Trinajstić information content (AvgIpc) is 2.87. The Morgan fingerprint density at radius 3 is 2.27 bits per heavy atom. The topological polar surface area (TPSA) is 67.6 Å². The molecule has 1 unspecified atom stereocenters. The predicted molar refractivity (Wildman–Crippen MR) is 147 cm³/mol. The minimum Gasteiger partial charge on any atom is -0.403 e. The van der Waals surface area contributed by atoms with E-state index in [0.717, 1.165) is 64.2 Å². The van der Waals surface area contributed by atoms with Gasteiger partial charge in [0.15, 0.2) is 0 Å². The first-order valence-corrected chi connectivity index (χ1v) is 12.9. The van der Waals surface area contributed by atoms with Gasteiger partial charge in [0.05, 0.1) is 16.9 Å². The van der Waals surface area contributed by atoms with Crippen molar-refractivity contribution in [3.63, 3.8) is 0 Å². The summed E-state index contributed by atoms with van der Waals surface area (Å²) in [6.45, 7) is 5.96. The van der Waals surface area contributed by atoms with Gasteiger partial charge in [-0.25, -0.2) is 5.84 Å². The molecular weight excluding hydrogens is 473 g/mol. The second kappa shape index (κ2) is 12.5. The van der Waals surface area contributed by atoms with Crippen LogP contribution in [0.25, 0.3) is 5.57 Å². The number of hydrazine groups is 1. The molecule has 1 atom stereocenters. The van der Waals surface area contributed by atoms with Gasteiger partial charge in [-0.1, -0.05) is 43.0 Å². The minimum atomic E-state index is -4.34. The van der Waals surface area contributed by atoms with Gasteiger partial charge < -0.3 is 10.7 Å². The summed E-state index contributed by atoms with van der Waals surface area (Å²) in [5, 5.41) is 1.62. The highest BCUT2D eigenvalue weighted by Gasteiger charge is 2.31. The maximum absolute atomic E-state index is 13.0. The first-order chi connectivity index (χ1) is 17.6. The number of nitrogens with two attached hydrogens (primary N) is 2. The van der Waals surface area contributed by atoms with Gasteiger partial charge in [0.25, 0.3) is 0 Å². The lowest BCUT2D eigenvalue weighted by Crippen LogP contribution is -2.33. The number of allylic oxidation sites excluding steroid dienone is 3. The summed E-state index contributed by atoms with van der Waals surface area (Å²) in [4.78, 5) is 4.61. The van der Waals surface area contributed by atoms with E-state index in [1.807, 2.05) is 27.0 Å². The van der Waals surface area contributed by atoms with Gasteiger partial charge in [-0.15, -0.1) is 0 Å². The number of nitrogens with zero attached hydrogens (tertiary/aromatic N) is 2. The zero-order valence-corrected chi connectivity index (χ0v) is 22.3. The molecule has 1 fully saturated rings. The highest BCUT2D eigenvalue weighted by atomic mass is 19.4. The van der Waals surface area contributed by atoms with Crippen molar-refractivity contribution in [2.45, 2.75) is 71.4 Å². The molecule has 0 aliphatic heterocycles. The highest BCUT2D eigenvalue weighted by molar-refractivity contribution is 5.78. The van der Waals surface area contributed by atoms with Crippen LogP contribution in [0.5, 0.6) is 0 Å². The maximum Gasteiger partial charge on any atom is 0.416 e. The van der Waals surface area contributed by atoms with Crippen LogP contribution in [0.2, 0.25) is 0 Å². The first-order valence-electron chi connectivity index (χ1n) is 12.9. The smallest absolute Gasteiger partial charge is 0.403 e. The van der Waals surface area contributed by atoms with Crippen molar-refractivity contribution in [2.24, 2.45) is 22.5 Å². The summed E-state index contributed by atoms with van der Waals surface area (Å²) in [7, 11) is 1.82. The van der Waals surface area contributed by atoms with E-state index < -0.39 is 11.7 Å². The third-order valence-corrected chi connectivity index (χ3v) is 7.46. The van der Waals surface area contributed by atoms with Crippen molar-refractivity contribution in [1.29, 1.82) is 0 Å². The Hall–Kier alpha value is -3.06. The minimum absolute atomic E-state index is 0.0710. The van der Waals surface area contributed by atoms with Crippen LogP contribution in [0.15, 0.2) is 64.9 Å². The van der Waals surface area contributed by atoms with E-state index >= 15 is 0 Å². The average molecular weight is 513 g/mol. The number of rotatable bonds is 8. The van der Waals surface area contributed by atoms with Crippen LogP contribution in [0.1, 0.15) is 81.0 Å². The number of benzene rings is 2. The van der Waals surface area contributed by atoms with Gasteiger partial charge in [0.2, 0.25) is 0 Å². The molecule has 7 heteroatoms. The van der Waals surface area contributed by atoms with E-state index in [0.29, 0.717) is 12.3 Å². The van der Waals surface area contributed by atoms with Gasteiger partial charge in [0.1, 0.15) is 0 Å². The number of hydrogen-bond acceptors (Lipinski definition) is 4. The largest absolute Gasteiger partial charge is 0.416 e. The van der Waals surface area contributed by atoms with Gasteiger partial charge in [-0.3, -0.25) is 4.99 Å².